The molecule has 244 valence electrons. The smallest absolute Gasteiger partial charge is 0.433 e. The van der Waals surface area contributed by atoms with Crippen molar-refractivity contribution in [3.8, 4) is 17.6 Å². The molecule has 13 nitrogen and oxygen atoms in total. The minimum atomic E-state index is -4.61. The zero-order valence-corrected chi connectivity index (χ0v) is 26.9. The van der Waals surface area contributed by atoms with Gasteiger partial charge in [0, 0.05) is 52.8 Å². The van der Waals surface area contributed by atoms with Crippen LogP contribution in [0.3, 0.4) is 0 Å². The summed E-state index contributed by atoms with van der Waals surface area (Å²) in [5.74, 6) is 0.908. The van der Waals surface area contributed by atoms with Crippen molar-refractivity contribution < 1.29 is 27.4 Å². The van der Waals surface area contributed by atoms with E-state index in [-0.39, 0.29) is 41.2 Å². The Bertz CT molecular complexity index is 1750. The van der Waals surface area contributed by atoms with Crippen LogP contribution < -0.4 is 15.4 Å². The van der Waals surface area contributed by atoms with Crippen LogP contribution in [-0.4, -0.2) is 70.1 Å². The van der Waals surface area contributed by atoms with Gasteiger partial charge in [0.15, 0.2) is 17.2 Å². The van der Waals surface area contributed by atoms with Crippen LogP contribution in [-0.2, 0) is 22.7 Å². The molecule has 5 rings (SSSR count). The number of anilines is 3. The topological polar surface area (TPSA) is 161 Å². The molecule has 1 fully saturated rings. The molecule has 4 aromatic rings. The molecule has 0 radical (unpaired) electrons. The summed E-state index contributed by atoms with van der Waals surface area (Å²) in [5.41, 5.74) is 0.161. The Hall–Kier alpha value is -4.53. The van der Waals surface area contributed by atoms with Gasteiger partial charge < -0.3 is 34.8 Å². The predicted octanol–water partition coefficient (Wildman–Crippen LogP) is 6.06. The Morgan fingerprint density at radius 3 is 2.63 bits per heavy atom. The van der Waals surface area contributed by atoms with Crippen LogP contribution in [0.25, 0.3) is 11.2 Å². The Kier molecular flexibility index (Phi) is 9.60. The highest BCUT2D eigenvalue weighted by Crippen LogP contribution is 2.36. The van der Waals surface area contributed by atoms with Crippen molar-refractivity contribution in [3.63, 3.8) is 0 Å². The van der Waals surface area contributed by atoms with Crippen LogP contribution in [0, 0.1) is 16.7 Å². The van der Waals surface area contributed by atoms with Gasteiger partial charge in [0.1, 0.15) is 41.1 Å². The lowest BCUT2D eigenvalue weighted by Gasteiger charge is -2.24. The van der Waals surface area contributed by atoms with E-state index in [2.05, 4.69) is 56.4 Å². The maximum absolute atomic E-state index is 13.9. The number of pyridine rings is 2. The van der Waals surface area contributed by atoms with Crippen molar-refractivity contribution in [2.45, 2.75) is 50.7 Å². The summed E-state index contributed by atoms with van der Waals surface area (Å²) in [4.78, 5) is 13.1. The minimum absolute atomic E-state index is 0.0485. The summed E-state index contributed by atoms with van der Waals surface area (Å²) in [6, 6.07) is 5.23. The van der Waals surface area contributed by atoms with Gasteiger partial charge in [0.25, 0.3) is 0 Å². The maximum Gasteiger partial charge on any atom is 0.433 e. The molecule has 0 atom stereocenters. The van der Waals surface area contributed by atoms with Crippen molar-refractivity contribution in [1.82, 2.24) is 29.3 Å². The Morgan fingerprint density at radius 2 is 1.96 bits per heavy atom. The SMILES string of the molecule is Cn1c(Nc2cc(C(F)(F)F)n(C3CCOCC3)n2)nc2ncc(Oc3cnc(NCOCC[Si](C)(C)C)c(C=N)c3)c(C#N)c21. The molecule has 1 aliphatic rings. The molecule has 0 bridgehead atoms. The molecule has 5 heterocycles. The molecule has 17 heteroatoms. The molecular formula is C29H35F3N10O3Si. The van der Waals surface area contributed by atoms with E-state index in [1.54, 1.807) is 13.1 Å². The van der Waals surface area contributed by atoms with Gasteiger partial charge in [0.05, 0.1) is 18.4 Å². The molecular weight excluding hydrogens is 621 g/mol. The predicted molar refractivity (Wildman–Crippen MR) is 168 cm³/mol. The second-order valence-electron chi connectivity index (χ2n) is 12.0. The van der Waals surface area contributed by atoms with Crippen molar-refractivity contribution >= 4 is 43.0 Å². The van der Waals surface area contributed by atoms with Gasteiger partial charge in [-0.05, 0) is 25.0 Å². The first-order valence-electron chi connectivity index (χ1n) is 14.6. The summed E-state index contributed by atoms with van der Waals surface area (Å²) in [7, 11) is 0.392. The standard InChI is InChI=1S/C29H35F3N10O3Si/c1-41-25-21(14-34)22(45-20-11-18(13-33)26(35-15-20)37-17-44-9-10-46(2,3)4)16-36-27(25)39-28(41)38-24-12-23(29(30,31)32)42(40-24)19-5-7-43-8-6-19/h11-13,15-16,19,33H,5-10,17H2,1-4H3,(H,35,37)(H,36,38,39,40). The van der Waals surface area contributed by atoms with Crippen LogP contribution in [0.1, 0.15) is 35.7 Å². The Morgan fingerprint density at radius 1 is 1.20 bits per heavy atom. The Labute approximate surface area is 264 Å². The number of nitrogens with zero attached hydrogens (tertiary/aromatic N) is 7. The number of ether oxygens (including phenoxy) is 3. The van der Waals surface area contributed by atoms with Gasteiger partial charge in [0.2, 0.25) is 5.95 Å². The lowest BCUT2D eigenvalue weighted by Crippen LogP contribution is -2.25. The van der Waals surface area contributed by atoms with E-state index in [0.29, 0.717) is 49.6 Å². The third-order valence-corrected chi connectivity index (χ3v) is 9.10. The van der Waals surface area contributed by atoms with Gasteiger partial charge in [-0.2, -0.15) is 28.5 Å². The monoisotopic (exact) mass is 656 g/mol. The molecule has 0 saturated carbocycles. The first-order chi connectivity index (χ1) is 21.9. The summed E-state index contributed by atoms with van der Waals surface area (Å²) < 4.78 is 61.1. The molecule has 1 aliphatic heterocycles. The van der Waals surface area contributed by atoms with E-state index in [1.165, 1.54) is 17.0 Å². The van der Waals surface area contributed by atoms with E-state index in [0.717, 1.165) is 23.0 Å². The molecule has 0 spiro atoms. The van der Waals surface area contributed by atoms with Crippen LogP contribution in [0.4, 0.5) is 30.8 Å². The number of rotatable bonds is 12. The number of nitriles is 1. The molecule has 46 heavy (non-hydrogen) atoms. The zero-order valence-electron chi connectivity index (χ0n) is 25.9. The second kappa shape index (κ2) is 13.4. The van der Waals surface area contributed by atoms with Gasteiger partial charge in [-0.3, -0.25) is 4.68 Å². The van der Waals surface area contributed by atoms with Gasteiger partial charge in [-0.15, -0.1) is 0 Å². The van der Waals surface area contributed by atoms with Crippen molar-refractivity contribution in [1.29, 1.82) is 10.7 Å². The van der Waals surface area contributed by atoms with E-state index in [4.69, 9.17) is 19.6 Å². The third-order valence-electron chi connectivity index (χ3n) is 7.39. The summed E-state index contributed by atoms with van der Waals surface area (Å²) in [5, 5.41) is 28.0. The van der Waals surface area contributed by atoms with Crippen LogP contribution >= 0.6 is 0 Å². The zero-order chi connectivity index (χ0) is 33.1. The summed E-state index contributed by atoms with van der Waals surface area (Å²) in [6.07, 6.45) is 0.134. The first kappa shape index (κ1) is 32.8. The van der Waals surface area contributed by atoms with Gasteiger partial charge >= 0.3 is 6.18 Å². The highest BCUT2D eigenvalue weighted by Gasteiger charge is 2.38. The van der Waals surface area contributed by atoms with E-state index in [9.17, 15) is 18.4 Å². The van der Waals surface area contributed by atoms with E-state index >= 15 is 0 Å². The lowest BCUT2D eigenvalue weighted by atomic mass is 10.1. The minimum Gasteiger partial charge on any atom is -0.453 e. The van der Waals surface area contributed by atoms with Crippen LogP contribution in [0.5, 0.6) is 11.5 Å². The summed E-state index contributed by atoms with van der Waals surface area (Å²) in [6.45, 7) is 8.40. The number of imidazole rings is 1. The number of hydrogen-bond acceptors (Lipinski definition) is 11. The number of aromatic nitrogens is 6. The van der Waals surface area contributed by atoms with Crippen LogP contribution in [0.2, 0.25) is 25.7 Å². The summed E-state index contributed by atoms with van der Waals surface area (Å²) >= 11 is 0. The van der Waals surface area contributed by atoms with Gasteiger partial charge in [-0.1, -0.05) is 19.6 Å². The number of hydrogen-bond donors (Lipinski definition) is 3. The number of alkyl halides is 3. The molecule has 1 saturated heterocycles. The highest BCUT2D eigenvalue weighted by molar-refractivity contribution is 6.76. The Balaban J connectivity index is 1.36. The second-order valence-corrected chi connectivity index (χ2v) is 17.6. The molecule has 0 unspecified atom stereocenters. The molecule has 3 N–H and O–H groups in total. The largest absolute Gasteiger partial charge is 0.453 e. The van der Waals surface area contributed by atoms with Crippen LogP contribution in [0.15, 0.2) is 24.5 Å². The normalized spacial score (nSPS) is 14.3. The quantitative estimate of drug-likeness (QED) is 0.0708. The number of halogens is 3. The van der Waals surface area contributed by atoms with Gasteiger partial charge in [-0.25, -0.2) is 9.97 Å². The average Bonchev–Trinajstić information content (AvgIpc) is 3.59. The molecule has 0 amide bonds. The molecule has 4 aromatic heterocycles. The third kappa shape index (κ3) is 7.46. The number of fused-ring (bicyclic) bond motifs is 1. The number of aryl methyl sites for hydroxylation is 1. The molecule has 0 aliphatic carbocycles. The fourth-order valence-electron chi connectivity index (χ4n) is 4.91. The van der Waals surface area contributed by atoms with E-state index in [1.807, 2.05) is 0 Å². The lowest BCUT2D eigenvalue weighted by molar-refractivity contribution is -0.145. The number of nitrogens with one attached hydrogen (secondary N) is 3. The van der Waals surface area contributed by atoms with Crippen molar-refractivity contribution in [3.05, 3.63) is 41.3 Å². The fraction of sp³-hybridized carbons (Fsp3) is 0.448. The maximum atomic E-state index is 13.9. The molecule has 0 aromatic carbocycles. The van der Waals surface area contributed by atoms with Crippen molar-refractivity contribution in [2.24, 2.45) is 7.05 Å². The first-order valence-corrected chi connectivity index (χ1v) is 18.4. The fourth-order valence-corrected chi connectivity index (χ4v) is 5.67. The van der Waals surface area contributed by atoms with E-state index < -0.39 is 26.0 Å². The van der Waals surface area contributed by atoms with Crippen molar-refractivity contribution in [2.75, 3.05) is 37.2 Å². The average molecular weight is 657 g/mol. The highest BCUT2D eigenvalue weighted by atomic mass is 28.3.